The second-order valence-electron chi connectivity index (χ2n) is 4.34. The standard InChI is InChI=1S/C13H18F2N2O.2ClH/c1-18-11-4-2-3-10(9-11)12(13(14)15)17-7-5-16-6-8-17;;/h2-4,9,12-13,16H,5-8H2,1H3;2*1H/t12-;;/m0../s1. The van der Waals surface area contributed by atoms with Crippen LogP contribution in [0, 0.1) is 0 Å². The minimum absolute atomic E-state index is 0. The second kappa shape index (κ2) is 9.34. The number of piperazine rings is 1. The molecule has 0 spiro atoms. The first-order valence-electron chi connectivity index (χ1n) is 6.09. The van der Waals surface area contributed by atoms with Gasteiger partial charge >= 0.3 is 0 Å². The molecule has 0 aliphatic carbocycles. The molecule has 0 saturated carbocycles. The molecule has 0 radical (unpaired) electrons. The summed E-state index contributed by atoms with van der Waals surface area (Å²) in [6, 6.07) is 6.11. The van der Waals surface area contributed by atoms with Crippen LogP contribution < -0.4 is 10.1 Å². The summed E-state index contributed by atoms with van der Waals surface area (Å²) in [7, 11) is 1.54. The van der Waals surface area contributed by atoms with Gasteiger partial charge in [-0.1, -0.05) is 12.1 Å². The number of methoxy groups -OCH3 is 1. The Morgan fingerprint density at radius 3 is 2.40 bits per heavy atom. The maximum absolute atomic E-state index is 13.3. The molecule has 1 aromatic rings. The van der Waals surface area contributed by atoms with Gasteiger partial charge in [-0.05, 0) is 17.7 Å². The average Bonchev–Trinajstić information content (AvgIpc) is 2.40. The third-order valence-corrected chi connectivity index (χ3v) is 3.22. The van der Waals surface area contributed by atoms with Gasteiger partial charge in [-0.2, -0.15) is 0 Å². The molecular formula is C13H20Cl2F2N2O. The van der Waals surface area contributed by atoms with Crippen LogP contribution in [0.15, 0.2) is 24.3 Å². The second-order valence-corrected chi connectivity index (χ2v) is 4.34. The van der Waals surface area contributed by atoms with Crippen molar-refractivity contribution >= 4 is 24.8 Å². The monoisotopic (exact) mass is 328 g/mol. The molecule has 0 bridgehead atoms. The van der Waals surface area contributed by atoms with Crippen molar-refractivity contribution in [2.45, 2.75) is 12.5 Å². The number of hydrogen-bond acceptors (Lipinski definition) is 3. The lowest BCUT2D eigenvalue weighted by molar-refractivity contribution is 0.0181. The van der Waals surface area contributed by atoms with Gasteiger partial charge in [0.25, 0.3) is 6.43 Å². The van der Waals surface area contributed by atoms with Gasteiger partial charge in [0, 0.05) is 26.2 Å². The molecule has 1 aliphatic rings. The summed E-state index contributed by atoms with van der Waals surface area (Å²) in [6.07, 6.45) is -2.39. The van der Waals surface area contributed by atoms with Crippen LogP contribution in [-0.4, -0.2) is 44.6 Å². The lowest BCUT2D eigenvalue weighted by Crippen LogP contribution is -2.46. The van der Waals surface area contributed by atoms with Crippen LogP contribution in [-0.2, 0) is 0 Å². The molecular weight excluding hydrogens is 309 g/mol. The Hall–Kier alpha value is -0.620. The van der Waals surface area contributed by atoms with Gasteiger partial charge in [-0.3, -0.25) is 4.90 Å². The van der Waals surface area contributed by atoms with Crippen molar-refractivity contribution in [3.05, 3.63) is 29.8 Å². The maximum Gasteiger partial charge on any atom is 0.258 e. The Bertz CT molecular complexity index is 390. The first kappa shape index (κ1) is 19.4. The lowest BCUT2D eigenvalue weighted by atomic mass is 10.0. The summed E-state index contributed by atoms with van der Waals surface area (Å²) in [5, 5.41) is 3.17. The van der Waals surface area contributed by atoms with E-state index in [0.29, 0.717) is 24.4 Å². The number of rotatable bonds is 4. The van der Waals surface area contributed by atoms with E-state index >= 15 is 0 Å². The van der Waals surface area contributed by atoms with E-state index in [0.717, 1.165) is 13.1 Å². The number of alkyl halides is 2. The van der Waals surface area contributed by atoms with Crippen molar-refractivity contribution in [1.29, 1.82) is 0 Å². The van der Waals surface area contributed by atoms with E-state index in [1.807, 2.05) is 4.90 Å². The molecule has 116 valence electrons. The van der Waals surface area contributed by atoms with Crippen molar-refractivity contribution in [2.75, 3.05) is 33.3 Å². The summed E-state index contributed by atoms with van der Waals surface area (Å²) >= 11 is 0. The summed E-state index contributed by atoms with van der Waals surface area (Å²) in [4.78, 5) is 1.83. The van der Waals surface area contributed by atoms with E-state index in [9.17, 15) is 8.78 Å². The van der Waals surface area contributed by atoms with Crippen molar-refractivity contribution in [2.24, 2.45) is 0 Å². The fourth-order valence-corrected chi connectivity index (χ4v) is 2.30. The molecule has 7 heteroatoms. The van der Waals surface area contributed by atoms with Crippen LogP contribution in [0.3, 0.4) is 0 Å². The Kier molecular flexibility index (Phi) is 9.05. The molecule has 1 atom stereocenters. The zero-order valence-electron chi connectivity index (χ0n) is 11.2. The molecule has 1 heterocycles. The summed E-state index contributed by atoms with van der Waals surface area (Å²) in [5.74, 6) is 0.619. The van der Waals surface area contributed by atoms with Gasteiger partial charge in [-0.25, -0.2) is 8.78 Å². The number of halogens is 4. The summed E-state index contributed by atoms with van der Waals surface area (Å²) in [6.45, 7) is 2.80. The number of benzene rings is 1. The van der Waals surface area contributed by atoms with Crippen LogP contribution >= 0.6 is 24.8 Å². The van der Waals surface area contributed by atoms with Crippen LogP contribution in [0.25, 0.3) is 0 Å². The molecule has 3 nitrogen and oxygen atoms in total. The van der Waals surface area contributed by atoms with Crippen LogP contribution in [0.5, 0.6) is 5.75 Å². The topological polar surface area (TPSA) is 24.5 Å². The smallest absolute Gasteiger partial charge is 0.258 e. The van der Waals surface area contributed by atoms with E-state index in [4.69, 9.17) is 4.74 Å². The molecule has 20 heavy (non-hydrogen) atoms. The third-order valence-electron chi connectivity index (χ3n) is 3.22. The fourth-order valence-electron chi connectivity index (χ4n) is 2.30. The van der Waals surface area contributed by atoms with Crippen LogP contribution in [0.4, 0.5) is 8.78 Å². The predicted octanol–water partition coefficient (Wildman–Crippen LogP) is 2.75. The van der Waals surface area contributed by atoms with E-state index in [-0.39, 0.29) is 24.8 Å². The van der Waals surface area contributed by atoms with Crippen molar-refractivity contribution in [1.82, 2.24) is 10.2 Å². The molecule has 1 aromatic carbocycles. The molecule has 0 amide bonds. The number of hydrogen-bond donors (Lipinski definition) is 1. The van der Waals surface area contributed by atoms with Crippen LogP contribution in [0.2, 0.25) is 0 Å². The first-order chi connectivity index (χ1) is 8.72. The highest BCUT2D eigenvalue weighted by Gasteiger charge is 2.30. The molecule has 1 fully saturated rings. The number of ether oxygens (including phenoxy) is 1. The quantitative estimate of drug-likeness (QED) is 0.919. The molecule has 1 saturated heterocycles. The van der Waals surface area contributed by atoms with Gasteiger partial charge in [0.05, 0.1) is 13.2 Å². The Morgan fingerprint density at radius 2 is 1.85 bits per heavy atom. The highest BCUT2D eigenvalue weighted by molar-refractivity contribution is 5.85. The normalized spacial score (nSPS) is 17.0. The summed E-state index contributed by atoms with van der Waals surface area (Å²) < 4.78 is 31.7. The fraction of sp³-hybridized carbons (Fsp3) is 0.538. The Morgan fingerprint density at radius 1 is 1.20 bits per heavy atom. The van der Waals surface area contributed by atoms with Crippen molar-refractivity contribution in [3.8, 4) is 5.75 Å². The summed E-state index contributed by atoms with van der Waals surface area (Å²) in [5.41, 5.74) is 0.617. The molecule has 1 aliphatic heterocycles. The lowest BCUT2D eigenvalue weighted by Gasteiger charge is -2.34. The van der Waals surface area contributed by atoms with Gasteiger partial charge < -0.3 is 10.1 Å². The van der Waals surface area contributed by atoms with E-state index in [1.165, 1.54) is 0 Å². The van der Waals surface area contributed by atoms with Gasteiger partial charge in [0.1, 0.15) is 5.75 Å². The zero-order chi connectivity index (χ0) is 13.0. The largest absolute Gasteiger partial charge is 0.497 e. The van der Waals surface area contributed by atoms with E-state index < -0.39 is 12.5 Å². The van der Waals surface area contributed by atoms with E-state index in [2.05, 4.69) is 5.32 Å². The van der Waals surface area contributed by atoms with Gasteiger partial charge in [-0.15, -0.1) is 24.8 Å². The highest BCUT2D eigenvalue weighted by atomic mass is 35.5. The number of nitrogens with one attached hydrogen (secondary N) is 1. The molecule has 0 aromatic heterocycles. The maximum atomic E-state index is 13.3. The first-order valence-corrected chi connectivity index (χ1v) is 6.09. The third kappa shape index (κ3) is 4.74. The zero-order valence-corrected chi connectivity index (χ0v) is 12.9. The minimum Gasteiger partial charge on any atom is -0.497 e. The minimum atomic E-state index is -2.39. The van der Waals surface area contributed by atoms with E-state index in [1.54, 1.807) is 31.4 Å². The Labute approximate surface area is 130 Å². The highest BCUT2D eigenvalue weighted by Crippen LogP contribution is 2.29. The number of nitrogens with zero attached hydrogens (tertiary/aromatic N) is 1. The van der Waals surface area contributed by atoms with Crippen molar-refractivity contribution in [3.63, 3.8) is 0 Å². The molecule has 1 N–H and O–H groups in total. The Balaban J connectivity index is 0.00000180. The predicted molar refractivity (Wildman–Crippen MR) is 80.7 cm³/mol. The molecule has 0 unspecified atom stereocenters. The van der Waals surface area contributed by atoms with Crippen LogP contribution in [0.1, 0.15) is 11.6 Å². The van der Waals surface area contributed by atoms with Crippen molar-refractivity contribution < 1.29 is 13.5 Å². The SMILES string of the molecule is COc1cccc([C@@H](C(F)F)N2CCNCC2)c1.Cl.Cl. The average molecular weight is 329 g/mol. The molecule has 2 rings (SSSR count). The van der Waals surface area contributed by atoms with Gasteiger partial charge in [0.15, 0.2) is 0 Å². The van der Waals surface area contributed by atoms with Gasteiger partial charge in [0.2, 0.25) is 0 Å².